The van der Waals surface area contributed by atoms with Crippen LogP contribution in [0.3, 0.4) is 0 Å². The molecule has 6 atom stereocenters. The predicted molar refractivity (Wildman–Crippen MR) is 205 cm³/mol. The molecule has 0 bridgehead atoms. The van der Waals surface area contributed by atoms with E-state index in [0.29, 0.717) is 43.3 Å². The van der Waals surface area contributed by atoms with Crippen LogP contribution in [0.15, 0.2) is 30.6 Å². The SMILES string of the molecule is COC(=O)NC(C(=O)N1C[C@@H](C)C[C@H]1c1ncc(C#Cc2ccc(C#Cc3cnc([C@@H]4C[C@H](C)CN4C(=O)C(NC(=O)OC)C(C)C)[nH]3)c(C(F)(F)F)c2)[nH]1)C(C)C. The molecule has 2 unspecified atom stereocenters. The Morgan fingerprint density at radius 2 is 1.21 bits per heavy atom. The molecule has 4 heterocycles. The number of carbonyl (C=O) groups excluding carboxylic acids is 4. The number of hydrogen-bond acceptors (Lipinski definition) is 8. The number of aromatic amines is 2. The van der Waals surface area contributed by atoms with Crippen LogP contribution in [0.4, 0.5) is 22.8 Å². The molecule has 0 aliphatic carbocycles. The Hall–Kier alpha value is -5.97. The van der Waals surface area contributed by atoms with E-state index in [4.69, 9.17) is 9.47 Å². The third kappa shape index (κ3) is 10.1. The van der Waals surface area contributed by atoms with Gasteiger partial charge >= 0.3 is 18.4 Å². The molecule has 0 saturated carbocycles. The van der Waals surface area contributed by atoms with Crippen molar-refractivity contribution in [2.75, 3.05) is 27.3 Å². The van der Waals surface area contributed by atoms with Gasteiger partial charge in [0.1, 0.15) is 35.1 Å². The highest BCUT2D eigenvalue weighted by atomic mass is 19.4. The second-order valence-electron chi connectivity index (χ2n) is 15.5. The molecule has 58 heavy (non-hydrogen) atoms. The van der Waals surface area contributed by atoms with Crippen molar-refractivity contribution in [2.45, 2.75) is 84.7 Å². The third-order valence-electron chi connectivity index (χ3n) is 10.2. The minimum atomic E-state index is -4.74. The van der Waals surface area contributed by atoms with Crippen LogP contribution >= 0.6 is 0 Å². The van der Waals surface area contributed by atoms with Gasteiger partial charge in [-0.15, -0.1) is 0 Å². The topological polar surface area (TPSA) is 175 Å². The van der Waals surface area contributed by atoms with Crippen LogP contribution < -0.4 is 10.6 Å². The molecule has 1 aromatic carbocycles. The third-order valence-corrected chi connectivity index (χ3v) is 10.2. The van der Waals surface area contributed by atoms with Crippen molar-refractivity contribution >= 4 is 24.0 Å². The standard InChI is InChI=1S/C41H49F3N8O6/c1-22(2)33(49-39(55)57-7)37(53)51-20-24(5)15-31(51)35-45-18-28(47-35)13-10-26-9-11-27(30(17-26)41(42,43)44)12-14-29-19-46-36(48-29)32-16-25(6)21-52(32)38(54)34(23(3)4)50-40(56)58-8/h9,11,17-19,22-25,31-34H,15-16,20-21H2,1-8H3,(H,45,47)(H,46,48)(H,49,55)(H,50,56)/t24-,25-,31-,32-,33?,34?/m0/s1. The molecule has 0 spiro atoms. The smallest absolute Gasteiger partial charge is 0.417 e. The molecular weight excluding hydrogens is 757 g/mol. The van der Waals surface area contributed by atoms with Gasteiger partial charge in [-0.2, -0.15) is 13.2 Å². The van der Waals surface area contributed by atoms with Crippen molar-refractivity contribution in [2.24, 2.45) is 23.7 Å². The Morgan fingerprint density at radius 3 is 1.62 bits per heavy atom. The van der Waals surface area contributed by atoms with Crippen molar-refractivity contribution in [3.63, 3.8) is 0 Å². The molecule has 5 rings (SSSR count). The lowest BCUT2D eigenvalue weighted by molar-refractivity contribution is -0.138. The summed E-state index contributed by atoms with van der Waals surface area (Å²) in [6, 6.07) is 1.12. The Bertz CT molecular complexity index is 2120. The minimum absolute atomic E-state index is 0.0966. The number of methoxy groups -OCH3 is 2. The summed E-state index contributed by atoms with van der Waals surface area (Å²) in [6.45, 7) is 12.1. The number of likely N-dealkylation sites (tertiary alicyclic amines) is 2. The zero-order valence-electron chi connectivity index (χ0n) is 33.7. The van der Waals surface area contributed by atoms with Crippen molar-refractivity contribution in [1.82, 2.24) is 40.4 Å². The maximum Gasteiger partial charge on any atom is 0.417 e. The number of halogens is 3. The number of ether oxygens (including phenoxy) is 2. The van der Waals surface area contributed by atoms with Crippen LogP contribution in [0.25, 0.3) is 0 Å². The average Bonchev–Trinajstić information content (AvgIpc) is 3.99. The average molecular weight is 807 g/mol. The zero-order chi connectivity index (χ0) is 42.5. The van der Waals surface area contributed by atoms with E-state index in [-0.39, 0.29) is 52.3 Å². The number of carbonyl (C=O) groups is 4. The highest BCUT2D eigenvalue weighted by Crippen LogP contribution is 2.37. The highest BCUT2D eigenvalue weighted by molar-refractivity contribution is 5.87. The Labute approximate surface area is 335 Å². The summed E-state index contributed by atoms with van der Waals surface area (Å²) < 4.78 is 52.4. The fraction of sp³-hybridized carbons (Fsp3) is 0.512. The van der Waals surface area contributed by atoms with E-state index in [9.17, 15) is 32.3 Å². The number of nitrogens with zero attached hydrogens (tertiary/aromatic N) is 4. The molecule has 4 N–H and O–H groups in total. The molecule has 2 saturated heterocycles. The predicted octanol–water partition coefficient (Wildman–Crippen LogP) is 5.53. The first-order valence-corrected chi connectivity index (χ1v) is 19.0. The molecule has 14 nitrogen and oxygen atoms in total. The summed E-state index contributed by atoms with van der Waals surface area (Å²) >= 11 is 0. The van der Waals surface area contributed by atoms with E-state index < -0.39 is 48.1 Å². The van der Waals surface area contributed by atoms with Crippen LogP contribution in [0.1, 0.15) is 106 Å². The zero-order valence-corrected chi connectivity index (χ0v) is 33.7. The first-order chi connectivity index (χ1) is 27.4. The Kier molecular flexibility index (Phi) is 13.5. The molecule has 0 radical (unpaired) electrons. The summed E-state index contributed by atoms with van der Waals surface area (Å²) in [5, 5.41) is 5.22. The number of amides is 4. The fourth-order valence-corrected chi connectivity index (χ4v) is 7.23. The number of alkyl carbamates (subject to hydrolysis) is 2. The molecule has 2 aliphatic rings. The number of aromatic nitrogens is 4. The maximum absolute atomic E-state index is 14.3. The van der Waals surface area contributed by atoms with E-state index >= 15 is 0 Å². The lowest BCUT2D eigenvalue weighted by Crippen LogP contribution is -2.51. The van der Waals surface area contributed by atoms with Crippen molar-refractivity contribution in [1.29, 1.82) is 0 Å². The molecule has 3 aromatic rings. The Balaban J connectivity index is 1.33. The first-order valence-electron chi connectivity index (χ1n) is 19.0. The van der Waals surface area contributed by atoms with E-state index in [1.54, 1.807) is 9.80 Å². The minimum Gasteiger partial charge on any atom is -0.453 e. The molecule has 2 fully saturated rings. The van der Waals surface area contributed by atoms with Gasteiger partial charge in [-0.3, -0.25) is 9.59 Å². The summed E-state index contributed by atoms with van der Waals surface area (Å²) in [7, 11) is 2.45. The van der Waals surface area contributed by atoms with Crippen LogP contribution in [-0.2, 0) is 25.2 Å². The van der Waals surface area contributed by atoms with Crippen molar-refractivity contribution < 1.29 is 41.8 Å². The van der Waals surface area contributed by atoms with E-state index in [0.717, 1.165) is 6.07 Å². The van der Waals surface area contributed by atoms with Gasteiger partial charge < -0.3 is 39.9 Å². The lowest BCUT2D eigenvalue weighted by atomic mass is 10.0. The van der Waals surface area contributed by atoms with Gasteiger partial charge in [-0.05, 0) is 66.6 Å². The molecule has 310 valence electrons. The summed E-state index contributed by atoms with van der Waals surface area (Å²) in [5.41, 5.74) is -0.526. The van der Waals surface area contributed by atoms with Crippen LogP contribution in [0.2, 0.25) is 0 Å². The van der Waals surface area contributed by atoms with E-state index in [1.807, 2.05) is 41.5 Å². The number of rotatable bonds is 8. The van der Waals surface area contributed by atoms with Gasteiger partial charge in [0.05, 0.1) is 44.3 Å². The number of nitrogens with one attached hydrogen (secondary N) is 4. The maximum atomic E-state index is 14.3. The van der Waals surface area contributed by atoms with Gasteiger partial charge in [0, 0.05) is 24.2 Å². The van der Waals surface area contributed by atoms with Gasteiger partial charge in [0.2, 0.25) is 11.8 Å². The quantitative estimate of drug-likeness (QED) is 0.215. The summed E-state index contributed by atoms with van der Waals surface area (Å²) in [5.74, 6) is 11.2. The molecular formula is C41H49F3N8O6. The van der Waals surface area contributed by atoms with Gasteiger partial charge in [0.15, 0.2) is 0 Å². The van der Waals surface area contributed by atoms with E-state index in [1.165, 1.54) is 38.7 Å². The number of benzene rings is 1. The van der Waals surface area contributed by atoms with E-state index in [2.05, 4.69) is 54.3 Å². The van der Waals surface area contributed by atoms with Crippen LogP contribution in [-0.4, -0.2) is 93.1 Å². The highest BCUT2D eigenvalue weighted by Gasteiger charge is 2.41. The number of alkyl halides is 3. The molecule has 2 aromatic heterocycles. The van der Waals surface area contributed by atoms with Crippen molar-refractivity contribution in [3.8, 4) is 23.7 Å². The number of imidazole rings is 2. The fourth-order valence-electron chi connectivity index (χ4n) is 7.23. The second-order valence-corrected chi connectivity index (χ2v) is 15.5. The number of H-pyrrole nitrogens is 2. The first kappa shape index (κ1) is 43.2. The van der Waals surface area contributed by atoms with Gasteiger partial charge in [0.25, 0.3) is 0 Å². The van der Waals surface area contributed by atoms with Crippen LogP contribution in [0, 0.1) is 47.4 Å². The molecule has 2 aliphatic heterocycles. The lowest BCUT2D eigenvalue weighted by Gasteiger charge is -2.30. The van der Waals surface area contributed by atoms with Gasteiger partial charge in [-0.25, -0.2) is 19.6 Å². The molecule has 4 amide bonds. The largest absolute Gasteiger partial charge is 0.453 e. The van der Waals surface area contributed by atoms with Crippen molar-refractivity contribution in [3.05, 3.63) is 70.3 Å². The Morgan fingerprint density at radius 1 is 0.759 bits per heavy atom. The summed E-state index contributed by atoms with van der Waals surface area (Å²) in [6.07, 6.45) is -2.09. The number of hydrogen-bond donors (Lipinski definition) is 4. The second kappa shape index (κ2) is 18.1. The monoisotopic (exact) mass is 806 g/mol. The summed E-state index contributed by atoms with van der Waals surface area (Å²) in [4.78, 5) is 69.4. The van der Waals surface area contributed by atoms with Gasteiger partial charge in [-0.1, -0.05) is 53.4 Å². The molecule has 17 heteroatoms. The normalized spacial score (nSPS) is 20.2. The van der Waals surface area contributed by atoms with Crippen LogP contribution in [0.5, 0.6) is 0 Å².